The van der Waals surface area contributed by atoms with Gasteiger partial charge in [-0.25, -0.2) is 4.68 Å². The van der Waals surface area contributed by atoms with Gasteiger partial charge in [-0.3, -0.25) is 4.79 Å². The van der Waals surface area contributed by atoms with E-state index in [4.69, 9.17) is 4.42 Å². The van der Waals surface area contributed by atoms with E-state index in [2.05, 4.69) is 38.1 Å². The van der Waals surface area contributed by atoms with Crippen molar-refractivity contribution in [3.63, 3.8) is 0 Å². The summed E-state index contributed by atoms with van der Waals surface area (Å²) in [4.78, 5) is 14.8. The lowest BCUT2D eigenvalue weighted by Gasteiger charge is -2.33. The highest BCUT2D eigenvalue weighted by Gasteiger charge is 2.24. The summed E-state index contributed by atoms with van der Waals surface area (Å²) in [5, 5.41) is 12.5. The predicted octanol–water partition coefficient (Wildman–Crippen LogP) is 4.32. The van der Waals surface area contributed by atoms with Gasteiger partial charge in [-0.1, -0.05) is 0 Å². The summed E-state index contributed by atoms with van der Waals surface area (Å²) >= 11 is 3.57. The minimum Gasteiger partial charge on any atom is -0.420 e. The second kappa shape index (κ2) is 7.50. The van der Waals surface area contributed by atoms with Crippen molar-refractivity contribution in [2.75, 3.05) is 6.54 Å². The van der Waals surface area contributed by atoms with Crippen molar-refractivity contribution in [1.29, 1.82) is 0 Å². The number of hydrogen-bond donors (Lipinski definition) is 0. The maximum atomic E-state index is 12.8. The number of halogens is 1. The molecule has 1 fully saturated rings. The molecular formula is C20H22BrN5O2. The number of carbonyl (C=O) groups excluding carboxylic acids is 1. The zero-order valence-corrected chi connectivity index (χ0v) is 17.7. The third-order valence-corrected chi connectivity index (χ3v) is 6.14. The average Bonchev–Trinajstić information content (AvgIpc) is 3.25. The van der Waals surface area contributed by atoms with E-state index in [1.54, 1.807) is 11.6 Å². The molecule has 8 heteroatoms. The molecule has 146 valence electrons. The topological polar surface area (TPSA) is 77.1 Å². The molecule has 1 aromatic carbocycles. The third-order valence-electron chi connectivity index (χ3n) is 5.19. The van der Waals surface area contributed by atoms with E-state index in [9.17, 15) is 4.79 Å². The van der Waals surface area contributed by atoms with Crippen LogP contribution in [0.2, 0.25) is 0 Å². The van der Waals surface area contributed by atoms with Gasteiger partial charge in [0, 0.05) is 25.1 Å². The summed E-state index contributed by atoms with van der Waals surface area (Å²) in [6.45, 7) is 6.65. The lowest BCUT2D eigenvalue weighted by atomic mass is 10.0. The fraction of sp³-hybridized carbons (Fsp3) is 0.400. The molecular weight excluding hydrogens is 422 g/mol. The molecule has 0 bridgehead atoms. The first-order valence-corrected chi connectivity index (χ1v) is 10.2. The number of benzene rings is 1. The van der Waals surface area contributed by atoms with Crippen molar-refractivity contribution in [3.8, 4) is 17.3 Å². The molecule has 1 aliphatic heterocycles. The van der Waals surface area contributed by atoms with Gasteiger partial charge in [-0.05, 0) is 73.3 Å². The largest absolute Gasteiger partial charge is 0.420 e. The van der Waals surface area contributed by atoms with Crippen LogP contribution < -0.4 is 0 Å². The fourth-order valence-electron chi connectivity index (χ4n) is 3.57. The molecule has 4 rings (SSSR count). The molecule has 2 aromatic heterocycles. The molecule has 28 heavy (non-hydrogen) atoms. The highest BCUT2D eigenvalue weighted by Crippen LogP contribution is 2.31. The minimum atomic E-state index is 0.0964. The second-order valence-corrected chi connectivity index (χ2v) is 7.97. The Bertz CT molecular complexity index is 1010. The lowest BCUT2D eigenvalue weighted by molar-refractivity contribution is 0.0635. The number of amides is 1. The molecule has 0 saturated carbocycles. The Morgan fingerprint density at radius 2 is 1.93 bits per heavy atom. The Balaban J connectivity index is 1.62. The van der Waals surface area contributed by atoms with Gasteiger partial charge in [0.1, 0.15) is 0 Å². The molecule has 0 radical (unpaired) electrons. The van der Waals surface area contributed by atoms with Gasteiger partial charge in [-0.2, -0.15) is 5.10 Å². The summed E-state index contributed by atoms with van der Waals surface area (Å²) < 4.78 is 8.11. The summed E-state index contributed by atoms with van der Waals surface area (Å²) in [7, 11) is 0. The standard InChI is InChI=1S/C20H22BrN5O2/c1-12-6-4-5-11-25(12)20(27)15-7-9-16(10-8-15)26-13(2)17(21)18(24-26)19-23-22-14(3)28-19/h7-10,12H,4-6,11H2,1-3H3/t12-/m1/s1. The first kappa shape index (κ1) is 18.9. The highest BCUT2D eigenvalue weighted by atomic mass is 79.9. The van der Waals surface area contributed by atoms with E-state index < -0.39 is 0 Å². The van der Waals surface area contributed by atoms with E-state index in [1.165, 1.54) is 6.42 Å². The summed E-state index contributed by atoms with van der Waals surface area (Å²) in [5.74, 6) is 0.958. The van der Waals surface area contributed by atoms with Crippen molar-refractivity contribution in [3.05, 3.63) is 45.9 Å². The molecule has 0 unspecified atom stereocenters. The zero-order chi connectivity index (χ0) is 19.8. The number of hydrogen-bond acceptors (Lipinski definition) is 5. The SMILES string of the molecule is Cc1nnc(-c2nn(-c3ccc(C(=O)N4CCCC[C@H]4C)cc3)c(C)c2Br)o1. The van der Waals surface area contributed by atoms with Crippen LogP contribution in [0.25, 0.3) is 17.3 Å². The summed E-state index contributed by atoms with van der Waals surface area (Å²) in [6, 6.07) is 7.86. The predicted molar refractivity (Wildman–Crippen MR) is 108 cm³/mol. The van der Waals surface area contributed by atoms with Crippen LogP contribution in [0.1, 0.15) is 48.1 Å². The van der Waals surface area contributed by atoms with Crippen LogP contribution in [0.15, 0.2) is 33.2 Å². The van der Waals surface area contributed by atoms with E-state index in [1.807, 2.05) is 36.1 Å². The van der Waals surface area contributed by atoms with Gasteiger partial charge in [-0.15, -0.1) is 10.2 Å². The van der Waals surface area contributed by atoms with Crippen molar-refractivity contribution in [2.24, 2.45) is 0 Å². The van der Waals surface area contributed by atoms with Gasteiger partial charge in [0.25, 0.3) is 11.8 Å². The molecule has 0 N–H and O–H groups in total. The summed E-state index contributed by atoms with van der Waals surface area (Å²) in [6.07, 6.45) is 3.34. The molecule has 3 heterocycles. The Hall–Kier alpha value is -2.48. The van der Waals surface area contributed by atoms with Crippen molar-refractivity contribution >= 4 is 21.8 Å². The molecule has 3 aromatic rings. The number of aromatic nitrogens is 4. The maximum Gasteiger partial charge on any atom is 0.269 e. The number of nitrogens with zero attached hydrogens (tertiary/aromatic N) is 5. The van der Waals surface area contributed by atoms with Crippen molar-refractivity contribution < 1.29 is 9.21 Å². The number of aryl methyl sites for hydroxylation is 1. The number of rotatable bonds is 3. The number of piperidine rings is 1. The van der Waals surface area contributed by atoms with Crippen molar-refractivity contribution in [2.45, 2.75) is 46.1 Å². The van der Waals surface area contributed by atoms with Gasteiger partial charge in [0.15, 0.2) is 5.69 Å². The van der Waals surface area contributed by atoms with E-state index >= 15 is 0 Å². The van der Waals surface area contributed by atoms with Crippen LogP contribution in [-0.2, 0) is 0 Å². The molecule has 1 saturated heterocycles. The maximum absolute atomic E-state index is 12.8. The quantitative estimate of drug-likeness (QED) is 0.602. The minimum absolute atomic E-state index is 0.0964. The van der Waals surface area contributed by atoms with Crippen LogP contribution >= 0.6 is 15.9 Å². The molecule has 7 nitrogen and oxygen atoms in total. The lowest BCUT2D eigenvalue weighted by Crippen LogP contribution is -2.42. The van der Waals surface area contributed by atoms with Crippen LogP contribution in [0.4, 0.5) is 0 Å². The van der Waals surface area contributed by atoms with Crippen LogP contribution in [0.3, 0.4) is 0 Å². The highest BCUT2D eigenvalue weighted by molar-refractivity contribution is 9.10. The van der Waals surface area contributed by atoms with Crippen molar-refractivity contribution in [1.82, 2.24) is 24.9 Å². The molecule has 1 atom stereocenters. The van der Waals surface area contributed by atoms with Gasteiger partial charge >= 0.3 is 0 Å². The average molecular weight is 444 g/mol. The van der Waals surface area contributed by atoms with Crippen LogP contribution in [0.5, 0.6) is 0 Å². The van der Waals surface area contributed by atoms with Crippen LogP contribution in [0, 0.1) is 13.8 Å². The summed E-state index contributed by atoms with van der Waals surface area (Å²) in [5.41, 5.74) is 3.08. The molecule has 1 aliphatic rings. The third kappa shape index (κ3) is 3.37. The first-order chi connectivity index (χ1) is 13.5. The van der Waals surface area contributed by atoms with E-state index in [0.29, 0.717) is 29.1 Å². The molecule has 0 spiro atoms. The first-order valence-electron chi connectivity index (χ1n) is 9.42. The van der Waals surface area contributed by atoms with Gasteiger partial charge in [0.05, 0.1) is 15.9 Å². The van der Waals surface area contributed by atoms with Crippen LogP contribution in [-0.4, -0.2) is 43.4 Å². The molecule has 1 amide bonds. The Kier molecular flexibility index (Phi) is 5.05. The second-order valence-electron chi connectivity index (χ2n) is 7.18. The smallest absolute Gasteiger partial charge is 0.269 e. The monoisotopic (exact) mass is 443 g/mol. The fourth-order valence-corrected chi connectivity index (χ4v) is 3.99. The van der Waals surface area contributed by atoms with Gasteiger partial charge in [0.2, 0.25) is 5.89 Å². The van der Waals surface area contributed by atoms with Gasteiger partial charge < -0.3 is 9.32 Å². The molecule has 0 aliphatic carbocycles. The van der Waals surface area contributed by atoms with E-state index in [0.717, 1.165) is 35.2 Å². The van der Waals surface area contributed by atoms with E-state index in [-0.39, 0.29) is 5.91 Å². The Labute approximate surface area is 171 Å². The Morgan fingerprint density at radius 3 is 2.57 bits per heavy atom. The zero-order valence-electron chi connectivity index (χ0n) is 16.1. The number of carbonyl (C=O) groups is 1. The Morgan fingerprint density at radius 1 is 1.18 bits per heavy atom. The number of likely N-dealkylation sites (tertiary alicyclic amines) is 1. The normalized spacial score (nSPS) is 17.1.